The number of nitrogens with zero attached hydrogens (tertiary/aromatic N) is 3. The molecule has 0 aliphatic carbocycles. The second-order valence-electron chi connectivity index (χ2n) is 8.41. The van der Waals surface area contributed by atoms with E-state index >= 15 is 0 Å². The van der Waals surface area contributed by atoms with Crippen LogP contribution in [0.5, 0.6) is 0 Å². The predicted octanol–water partition coefficient (Wildman–Crippen LogP) is 3.06. The van der Waals surface area contributed by atoms with Gasteiger partial charge in [0.05, 0.1) is 30.4 Å². The molecule has 1 N–H and O–H groups in total. The molecule has 0 unspecified atom stereocenters. The highest BCUT2D eigenvalue weighted by atomic mass is 16.5. The normalized spacial score (nSPS) is 23.0. The Morgan fingerprint density at radius 2 is 1.93 bits per heavy atom. The Labute approximate surface area is 176 Å². The number of benzene rings is 2. The molecular formula is C24H28N4O2. The monoisotopic (exact) mass is 404 g/mol. The average molecular weight is 405 g/mol. The lowest BCUT2D eigenvalue weighted by Gasteiger charge is -2.45. The molecule has 0 spiro atoms. The largest absolute Gasteiger partial charge is 0.465 e. The highest BCUT2D eigenvalue weighted by molar-refractivity contribution is 6.04. The number of nitrogens with one attached hydrogen (secondary N) is 1. The van der Waals surface area contributed by atoms with Gasteiger partial charge >= 0.3 is 5.97 Å². The van der Waals surface area contributed by atoms with Crippen LogP contribution in [0, 0.1) is 5.92 Å². The molecular weight excluding hydrogens is 376 g/mol. The maximum atomic E-state index is 12.5. The lowest BCUT2D eigenvalue weighted by atomic mass is 9.84. The fraction of sp³-hybridized carbons (Fsp3) is 0.417. The molecule has 2 bridgehead atoms. The zero-order valence-electron chi connectivity index (χ0n) is 17.4. The van der Waals surface area contributed by atoms with Crippen molar-refractivity contribution in [3.63, 3.8) is 0 Å². The quantitative estimate of drug-likeness (QED) is 0.640. The van der Waals surface area contributed by atoms with Crippen molar-refractivity contribution in [1.82, 2.24) is 20.0 Å². The number of rotatable bonds is 6. The number of fused-ring (bicyclic) bond motifs is 4. The van der Waals surface area contributed by atoms with Gasteiger partial charge in [-0.2, -0.15) is 5.10 Å². The van der Waals surface area contributed by atoms with Gasteiger partial charge in [-0.25, -0.2) is 4.79 Å². The Balaban J connectivity index is 1.48. The molecule has 3 aliphatic heterocycles. The summed E-state index contributed by atoms with van der Waals surface area (Å²) in [7, 11) is 1.43. The maximum absolute atomic E-state index is 12.5. The van der Waals surface area contributed by atoms with E-state index in [1.807, 2.05) is 41.1 Å². The van der Waals surface area contributed by atoms with E-state index in [-0.39, 0.29) is 5.97 Å². The van der Waals surface area contributed by atoms with Gasteiger partial charge in [-0.15, -0.1) is 0 Å². The van der Waals surface area contributed by atoms with Gasteiger partial charge in [0.1, 0.15) is 0 Å². The van der Waals surface area contributed by atoms with Crippen LogP contribution in [-0.2, 0) is 17.8 Å². The van der Waals surface area contributed by atoms with Gasteiger partial charge in [0.2, 0.25) is 0 Å². The number of piperidine rings is 3. The van der Waals surface area contributed by atoms with Gasteiger partial charge in [-0.05, 0) is 49.5 Å². The summed E-state index contributed by atoms with van der Waals surface area (Å²) in [6, 6.07) is 16.6. The van der Waals surface area contributed by atoms with Crippen LogP contribution in [0.15, 0.2) is 48.5 Å². The topological polar surface area (TPSA) is 59.4 Å². The molecule has 0 radical (unpaired) electrons. The highest BCUT2D eigenvalue weighted by Crippen LogP contribution is 2.29. The molecule has 0 amide bonds. The second kappa shape index (κ2) is 8.20. The zero-order valence-corrected chi connectivity index (χ0v) is 17.4. The van der Waals surface area contributed by atoms with E-state index in [1.165, 1.54) is 38.6 Å². The standard InChI is InChI=1S/C24H28N4O2/c1-30-24(29)19-8-5-9-22-23(19)20(26-28(22)15-17-6-3-2-4-7-17)14-25-21-16-27-12-10-18(21)11-13-27/h2-9,18,21,25H,10-16H2,1H3/t21-/m0/s1. The number of esters is 1. The summed E-state index contributed by atoms with van der Waals surface area (Å²) in [6.45, 7) is 4.88. The average Bonchev–Trinajstić information content (AvgIpc) is 3.16. The number of ether oxygens (including phenoxy) is 1. The van der Waals surface area contributed by atoms with E-state index in [0.29, 0.717) is 24.7 Å². The van der Waals surface area contributed by atoms with Crippen molar-refractivity contribution >= 4 is 16.9 Å². The molecule has 2 aromatic carbocycles. The Bertz CT molecular complexity index is 1040. The van der Waals surface area contributed by atoms with Gasteiger partial charge in [0.15, 0.2) is 0 Å². The van der Waals surface area contributed by atoms with E-state index < -0.39 is 0 Å². The summed E-state index contributed by atoms with van der Waals surface area (Å²) in [5.74, 6) is 0.427. The molecule has 3 saturated heterocycles. The summed E-state index contributed by atoms with van der Waals surface area (Å²) in [6.07, 6.45) is 2.54. The van der Waals surface area contributed by atoms with Crippen molar-refractivity contribution in [3.05, 3.63) is 65.4 Å². The summed E-state index contributed by atoms with van der Waals surface area (Å²) in [5.41, 5.74) is 3.65. The summed E-state index contributed by atoms with van der Waals surface area (Å²) in [4.78, 5) is 15.0. The summed E-state index contributed by atoms with van der Waals surface area (Å²) >= 11 is 0. The minimum Gasteiger partial charge on any atom is -0.465 e. The SMILES string of the molecule is COC(=O)c1cccc2c1c(CN[C@H]1CN3CCC1CC3)nn2Cc1ccccc1. The molecule has 3 fully saturated rings. The lowest BCUT2D eigenvalue weighted by molar-refractivity contribution is 0.0603. The molecule has 1 aromatic heterocycles. The van der Waals surface area contributed by atoms with Gasteiger partial charge in [0.25, 0.3) is 0 Å². The predicted molar refractivity (Wildman–Crippen MR) is 116 cm³/mol. The van der Waals surface area contributed by atoms with Crippen molar-refractivity contribution in [2.24, 2.45) is 5.92 Å². The second-order valence-corrected chi connectivity index (χ2v) is 8.41. The molecule has 156 valence electrons. The van der Waals surface area contributed by atoms with Gasteiger partial charge in [-0.1, -0.05) is 36.4 Å². The molecule has 6 rings (SSSR count). The van der Waals surface area contributed by atoms with Gasteiger partial charge in [0, 0.05) is 24.5 Å². The van der Waals surface area contributed by atoms with Crippen LogP contribution in [0.1, 0.15) is 34.5 Å². The van der Waals surface area contributed by atoms with E-state index in [2.05, 4.69) is 22.3 Å². The van der Waals surface area contributed by atoms with E-state index in [0.717, 1.165) is 29.1 Å². The lowest BCUT2D eigenvalue weighted by Crippen LogP contribution is -2.55. The van der Waals surface area contributed by atoms with Crippen molar-refractivity contribution < 1.29 is 9.53 Å². The molecule has 1 atom stereocenters. The van der Waals surface area contributed by atoms with Crippen molar-refractivity contribution in [2.75, 3.05) is 26.7 Å². The zero-order chi connectivity index (χ0) is 20.5. The van der Waals surface area contributed by atoms with Crippen LogP contribution in [-0.4, -0.2) is 53.4 Å². The summed E-state index contributed by atoms with van der Waals surface area (Å²) < 4.78 is 7.06. The number of methoxy groups -OCH3 is 1. The third-order valence-corrected chi connectivity index (χ3v) is 6.62. The first-order valence-electron chi connectivity index (χ1n) is 10.8. The van der Waals surface area contributed by atoms with E-state index in [9.17, 15) is 4.79 Å². The maximum Gasteiger partial charge on any atom is 0.338 e. The minimum absolute atomic E-state index is 0.316. The number of hydrogen-bond acceptors (Lipinski definition) is 5. The van der Waals surface area contributed by atoms with E-state index in [1.54, 1.807) is 0 Å². The third kappa shape index (κ3) is 3.61. The Morgan fingerprint density at radius 1 is 1.13 bits per heavy atom. The van der Waals surface area contributed by atoms with Gasteiger partial charge in [-0.3, -0.25) is 4.68 Å². The summed E-state index contributed by atoms with van der Waals surface area (Å²) in [5, 5.41) is 9.59. The number of carbonyl (C=O) groups is 1. The minimum atomic E-state index is -0.316. The Morgan fingerprint density at radius 3 is 2.63 bits per heavy atom. The van der Waals surface area contributed by atoms with Crippen LogP contribution < -0.4 is 5.32 Å². The Hall–Kier alpha value is -2.70. The first kappa shape index (κ1) is 19.3. The van der Waals surface area contributed by atoms with Crippen LogP contribution in [0.25, 0.3) is 10.9 Å². The molecule has 6 nitrogen and oxygen atoms in total. The van der Waals surface area contributed by atoms with Gasteiger partial charge < -0.3 is 15.0 Å². The van der Waals surface area contributed by atoms with Crippen molar-refractivity contribution in [3.8, 4) is 0 Å². The molecule has 0 saturated carbocycles. The number of aromatic nitrogens is 2. The molecule has 6 heteroatoms. The molecule has 30 heavy (non-hydrogen) atoms. The molecule has 3 aromatic rings. The van der Waals surface area contributed by atoms with E-state index in [4.69, 9.17) is 9.84 Å². The van der Waals surface area contributed by atoms with Crippen LogP contribution in [0.2, 0.25) is 0 Å². The first-order chi connectivity index (χ1) is 14.7. The number of carbonyl (C=O) groups excluding carboxylic acids is 1. The van der Waals surface area contributed by atoms with Crippen LogP contribution in [0.4, 0.5) is 0 Å². The van der Waals surface area contributed by atoms with Crippen molar-refractivity contribution in [2.45, 2.75) is 32.0 Å². The van der Waals surface area contributed by atoms with Crippen LogP contribution in [0.3, 0.4) is 0 Å². The third-order valence-electron chi connectivity index (χ3n) is 6.62. The highest BCUT2D eigenvalue weighted by Gasteiger charge is 2.34. The Kier molecular flexibility index (Phi) is 5.27. The molecule has 3 aliphatic rings. The molecule has 4 heterocycles. The smallest absolute Gasteiger partial charge is 0.338 e. The van der Waals surface area contributed by atoms with Crippen LogP contribution >= 0.6 is 0 Å². The fourth-order valence-electron chi connectivity index (χ4n) is 5.01. The first-order valence-corrected chi connectivity index (χ1v) is 10.8. The van der Waals surface area contributed by atoms with Crippen molar-refractivity contribution in [1.29, 1.82) is 0 Å². The number of hydrogen-bond donors (Lipinski definition) is 1. The fourth-order valence-corrected chi connectivity index (χ4v) is 5.01.